The lowest BCUT2D eigenvalue weighted by molar-refractivity contribution is -0.131. The van der Waals surface area contributed by atoms with Crippen molar-refractivity contribution in [1.82, 2.24) is 20.0 Å². The Hall–Kier alpha value is -3.81. The Morgan fingerprint density at radius 2 is 1.57 bits per heavy atom. The van der Waals surface area contributed by atoms with Crippen molar-refractivity contribution in [3.8, 4) is 11.5 Å². The molecule has 3 amide bonds. The average molecular weight is 376 g/mol. The van der Waals surface area contributed by atoms with Crippen molar-refractivity contribution in [1.29, 1.82) is 0 Å². The Morgan fingerprint density at radius 1 is 0.964 bits per heavy atom. The molecule has 0 fully saturated rings. The summed E-state index contributed by atoms with van der Waals surface area (Å²) in [6, 6.07) is 15.8. The van der Waals surface area contributed by atoms with Gasteiger partial charge in [0.25, 0.3) is 11.8 Å². The first-order chi connectivity index (χ1) is 13.5. The molecule has 0 radical (unpaired) electrons. The number of benzene rings is 2. The Balaban J connectivity index is 1.42. The molecule has 8 nitrogen and oxygen atoms in total. The summed E-state index contributed by atoms with van der Waals surface area (Å²) in [4.78, 5) is 39.6. The van der Waals surface area contributed by atoms with Crippen LogP contribution >= 0.6 is 0 Å². The summed E-state index contributed by atoms with van der Waals surface area (Å²) >= 11 is 0. The van der Waals surface area contributed by atoms with E-state index in [1.807, 2.05) is 30.3 Å². The number of imide groups is 1. The lowest BCUT2D eigenvalue weighted by Gasteiger charge is -2.19. The summed E-state index contributed by atoms with van der Waals surface area (Å²) in [6.45, 7) is -0.273. The predicted molar refractivity (Wildman–Crippen MR) is 98.0 cm³/mol. The second-order valence-electron chi connectivity index (χ2n) is 6.36. The van der Waals surface area contributed by atoms with E-state index in [1.54, 1.807) is 31.3 Å². The van der Waals surface area contributed by atoms with Gasteiger partial charge >= 0.3 is 0 Å². The average Bonchev–Trinajstić information content (AvgIpc) is 3.28. The van der Waals surface area contributed by atoms with E-state index in [2.05, 4.69) is 10.2 Å². The molecule has 1 aromatic heterocycles. The van der Waals surface area contributed by atoms with Crippen LogP contribution in [-0.2, 0) is 11.3 Å². The van der Waals surface area contributed by atoms with Crippen LogP contribution in [0.5, 0.6) is 0 Å². The van der Waals surface area contributed by atoms with Crippen LogP contribution in [0.1, 0.15) is 26.6 Å². The van der Waals surface area contributed by atoms with Crippen molar-refractivity contribution in [2.75, 3.05) is 13.6 Å². The Labute approximate surface area is 160 Å². The monoisotopic (exact) mass is 376 g/mol. The first-order valence-corrected chi connectivity index (χ1v) is 8.61. The lowest BCUT2D eigenvalue weighted by Crippen LogP contribution is -2.41. The molecule has 0 unspecified atom stereocenters. The highest BCUT2D eigenvalue weighted by molar-refractivity contribution is 6.22. The van der Waals surface area contributed by atoms with Crippen molar-refractivity contribution in [3.63, 3.8) is 0 Å². The van der Waals surface area contributed by atoms with Gasteiger partial charge in [-0.15, -0.1) is 10.2 Å². The van der Waals surface area contributed by atoms with Gasteiger partial charge in [-0.25, -0.2) is 0 Å². The van der Waals surface area contributed by atoms with Crippen molar-refractivity contribution in [3.05, 3.63) is 71.6 Å². The zero-order valence-electron chi connectivity index (χ0n) is 15.0. The first-order valence-electron chi connectivity index (χ1n) is 8.61. The fourth-order valence-corrected chi connectivity index (χ4v) is 2.94. The fourth-order valence-electron chi connectivity index (χ4n) is 2.94. The highest BCUT2D eigenvalue weighted by Gasteiger charge is 2.36. The van der Waals surface area contributed by atoms with Gasteiger partial charge in [0.2, 0.25) is 17.7 Å². The molecule has 0 aliphatic carbocycles. The SMILES string of the molecule is CN(Cc1nnc(-c2ccccc2)o1)C(=O)CN1C(=O)c2ccccc2C1=O. The van der Waals surface area contributed by atoms with Crippen LogP contribution in [-0.4, -0.2) is 51.3 Å². The van der Waals surface area contributed by atoms with Crippen LogP contribution in [0.25, 0.3) is 11.5 Å². The van der Waals surface area contributed by atoms with Crippen LogP contribution in [0.15, 0.2) is 59.0 Å². The van der Waals surface area contributed by atoms with Gasteiger partial charge in [0, 0.05) is 12.6 Å². The summed E-state index contributed by atoms with van der Waals surface area (Å²) in [7, 11) is 1.55. The van der Waals surface area contributed by atoms with Crippen LogP contribution in [0.2, 0.25) is 0 Å². The molecular formula is C20H16N4O4. The molecule has 0 N–H and O–H groups in total. The van der Waals surface area contributed by atoms with Gasteiger partial charge in [0.15, 0.2) is 0 Å². The van der Waals surface area contributed by atoms with E-state index < -0.39 is 17.7 Å². The number of rotatable bonds is 5. The van der Waals surface area contributed by atoms with Gasteiger partial charge in [-0.1, -0.05) is 30.3 Å². The van der Waals surface area contributed by atoms with E-state index in [0.29, 0.717) is 17.0 Å². The summed E-state index contributed by atoms with van der Waals surface area (Å²) in [5.74, 6) is -0.721. The number of hydrogen-bond acceptors (Lipinski definition) is 6. The van der Waals surface area contributed by atoms with Crippen LogP contribution < -0.4 is 0 Å². The molecule has 140 valence electrons. The summed E-state index contributed by atoms with van der Waals surface area (Å²) in [6.07, 6.45) is 0. The van der Waals surface area contributed by atoms with E-state index in [9.17, 15) is 14.4 Å². The third kappa shape index (κ3) is 3.16. The molecule has 4 rings (SSSR count). The maximum absolute atomic E-state index is 12.5. The highest BCUT2D eigenvalue weighted by Crippen LogP contribution is 2.22. The zero-order chi connectivity index (χ0) is 19.7. The number of carbonyl (C=O) groups excluding carboxylic acids is 3. The Kier molecular flexibility index (Phi) is 4.44. The molecule has 0 atom stereocenters. The zero-order valence-corrected chi connectivity index (χ0v) is 15.0. The summed E-state index contributed by atoms with van der Waals surface area (Å²) < 4.78 is 5.59. The number of likely N-dealkylation sites (N-methyl/N-ethyl adjacent to an activating group) is 1. The van der Waals surface area contributed by atoms with E-state index in [0.717, 1.165) is 10.5 Å². The first kappa shape index (κ1) is 17.6. The minimum Gasteiger partial charge on any atom is -0.419 e. The molecule has 1 aliphatic rings. The quantitative estimate of drug-likeness (QED) is 0.632. The topological polar surface area (TPSA) is 96.6 Å². The molecule has 0 saturated carbocycles. The van der Waals surface area contributed by atoms with Crippen molar-refractivity contribution in [2.24, 2.45) is 0 Å². The number of amides is 3. The molecule has 2 heterocycles. The molecule has 0 spiro atoms. The molecule has 0 saturated heterocycles. The largest absolute Gasteiger partial charge is 0.419 e. The highest BCUT2D eigenvalue weighted by atomic mass is 16.4. The second kappa shape index (κ2) is 7.07. The summed E-state index contributed by atoms with van der Waals surface area (Å²) in [5.41, 5.74) is 1.40. The maximum atomic E-state index is 12.5. The van der Waals surface area contributed by atoms with Crippen molar-refractivity contribution >= 4 is 17.7 Å². The fraction of sp³-hybridized carbons (Fsp3) is 0.150. The third-order valence-corrected chi connectivity index (χ3v) is 4.46. The number of fused-ring (bicyclic) bond motifs is 1. The molecule has 2 aromatic carbocycles. The van der Waals surface area contributed by atoms with Gasteiger partial charge in [-0.3, -0.25) is 19.3 Å². The van der Waals surface area contributed by atoms with Gasteiger partial charge in [0.1, 0.15) is 6.54 Å². The van der Waals surface area contributed by atoms with Crippen molar-refractivity contribution < 1.29 is 18.8 Å². The van der Waals surface area contributed by atoms with Gasteiger partial charge in [-0.05, 0) is 24.3 Å². The minimum atomic E-state index is -0.466. The Morgan fingerprint density at radius 3 is 2.21 bits per heavy atom. The molecule has 8 heteroatoms. The lowest BCUT2D eigenvalue weighted by atomic mass is 10.1. The second-order valence-corrected chi connectivity index (χ2v) is 6.36. The molecule has 3 aromatic rings. The smallest absolute Gasteiger partial charge is 0.262 e. The van der Waals surface area contributed by atoms with Crippen LogP contribution in [0, 0.1) is 0 Å². The minimum absolute atomic E-state index is 0.0713. The van der Waals surface area contributed by atoms with E-state index in [1.165, 1.54) is 4.90 Å². The molecule has 1 aliphatic heterocycles. The van der Waals surface area contributed by atoms with Crippen LogP contribution in [0.4, 0.5) is 0 Å². The molecular weight excluding hydrogens is 360 g/mol. The third-order valence-electron chi connectivity index (χ3n) is 4.46. The summed E-state index contributed by atoms with van der Waals surface area (Å²) in [5, 5.41) is 7.93. The normalized spacial score (nSPS) is 13.0. The van der Waals surface area contributed by atoms with Gasteiger partial charge in [-0.2, -0.15) is 0 Å². The molecule has 0 bridgehead atoms. The van der Waals surface area contributed by atoms with Crippen molar-refractivity contribution in [2.45, 2.75) is 6.54 Å². The number of nitrogens with zero attached hydrogens (tertiary/aromatic N) is 4. The van der Waals surface area contributed by atoms with Gasteiger partial charge < -0.3 is 9.32 Å². The number of hydrogen-bond donors (Lipinski definition) is 0. The standard InChI is InChI=1S/C20H16N4O4/c1-23(11-16-21-22-18(28-16)13-7-3-2-4-8-13)17(25)12-24-19(26)14-9-5-6-10-15(14)20(24)27/h2-10H,11-12H2,1H3. The van der Waals surface area contributed by atoms with E-state index >= 15 is 0 Å². The van der Waals surface area contributed by atoms with Crippen LogP contribution in [0.3, 0.4) is 0 Å². The van der Waals surface area contributed by atoms with E-state index in [-0.39, 0.29) is 19.0 Å². The van der Waals surface area contributed by atoms with E-state index in [4.69, 9.17) is 4.42 Å². The maximum Gasteiger partial charge on any atom is 0.262 e. The molecule has 28 heavy (non-hydrogen) atoms. The predicted octanol–water partition coefficient (Wildman–Crippen LogP) is 1.99. The van der Waals surface area contributed by atoms with Gasteiger partial charge in [0.05, 0.1) is 17.7 Å². The number of carbonyl (C=O) groups is 3. The Bertz CT molecular complexity index is 1030. The number of aromatic nitrogens is 2.